The lowest BCUT2D eigenvalue weighted by Gasteiger charge is -2.06. The summed E-state index contributed by atoms with van der Waals surface area (Å²) in [6.07, 6.45) is 4.49. The number of aromatic nitrogens is 1. The lowest BCUT2D eigenvalue weighted by molar-refractivity contribution is 0.462. The van der Waals surface area contributed by atoms with Crippen LogP contribution < -0.4 is 10.1 Å². The van der Waals surface area contributed by atoms with Crippen molar-refractivity contribution < 1.29 is 4.74 Å². The summed E-state index contributed by atoms with van der Waals surface area (Å²) in [5.74, 6) is 1.45. The zero-order valence-electron chi connectivity index (χ0n) is 10.2. The molecule has 0 radical (unpaired) electrons. The highest BCUT2D eigenvalue weighted by atomic mass is 16.5. The maximum absolute atomic E-state index is 5.64. The molecule has 1 aromatic heterocycles. The molecule has 1 aromatic carbocycles. The average molecular weight is 240 g/mol. The number of hydrogen-bond acceptors (Lipinski definition) is 3. The van der Waals surface area contributed by atoms with Gasteiger partial charge in [0.25, 0.3) is 0 Å². The largest absolute Gasteiger partial charge is 0.439 e. The number of hydrogen-bond donors (Lipinski definition) is 1. The summed E-state index contributed by atoms with van der Waals surface area (Å²) in [7, 11) is 0. The van der Waals surface area contributed by atoms with E-state index >= 15 is 0 Å². The highest BCUT2D eigenvalue weighted by Gasteiger charge is 2.19. The summed E-state index contributed by atoms with van der Waals surface area (Å²) in [6.45, 7) is 0.892. The van der Waals surface area contributed by atoms with Crippen molar-refractivity contribution in [2.24, 2.45) is 0 Å². The van der Waals surface area contributed by atoms with Gasteiger partial charge in [0.15, 0.2) is 0 Å². The molecule has 1 N–H and O–H groups in total. The Morgan fingerprint density at radius 1 is 1.11 bits per heavy atom. The third-order valence-electron chi connectivity index (χ3n) is 2.94. The van der Waals surface area contributed by atoms with Gasteiger partial charge in [0.05, 0.1) is 0 Å². The Hall–Kier alpha value is -1.87. The van der Waals surface area contributed by atoms with Crippen LogP contribution in [0.1, 0.15) is 18.4 Å². The van der Waals surface area contributed by atoms with Crippen LogP contribution in [0.2, 0.25) is 0 Å². The number of nitrogens with zero attached hydrogens (tertiary/aromatic N) is 1. The number of para-hydroxylation sites is 1. The maximum Gasteiger partial charge on any atom is 0.219 e. The molecule has 1 fully saturated rings. The molecule has 3 heteroatoms. The van der Waals surface area contributed by atoms with Crippen LogP contribution in [0.3, 0.4) is 0 Å². The fraction of sp³-hybridized carbons (Fsp3) is 0.267. The van der Waals surface area contributed by atoms with Gasteiger partial charge in [-0.2, -0.15) is 0 Å². The average Bonchev–Trinajstić information content (AvgIpc) is 3.23. The van der Waals surface area contributed by atoms with Gasteiger partial charge < -0.3 is 10.1 Å². The summed E-state index contributed by atoms with van der Waals surface area (Å²) in [6, 6.07) is 14.4. The molecule has 18 heavy (non-hydrogen) atoms. The fourth-order valence-electron chi connectivity index (χ4n) is 1.73. The van der Waals surface area contributed by atoms with E-state index in [-0.39, 0.29) is 0 Å². The molecule has 1 heterocycles. The second-order valence-corrected chi connectivity index (χ2v) is 4.57. The summed E-state index contributed by atoms with van der Waals surface area (Å²) in [5.41, 5.74) is 1.20. The van der Waals surface area contributed by atoms with Crippen LogP contribution >= 0.6 is 0 Å². The lowest BCUT2D eigenvalue weighted by atomic mass is 10.3. The number of pyridine rings is 1. The Balaban J connectivity index is 1.59. The predicted molar refractivity (Wildman–Crippen MR) is 70.6 cm³/mol. The van der Waals surface area contributed by atoms with E-state index in [1.54, 1.807) is 0 Å². The van der Waals surface area contributed by atoms with Crippen molar-refractivity contribution in [1.29, 1.82) is 0 Å². The third-order valence-corrected chi connectivity index (χ3v) is 2.94. The summed E-state index contributed by atoms with van der Waals surface area (Å²) in [5, 5.41) is 3.46. The molecule has 92 valence electrons. The molecule has 3 nitrogen and oxygen atoms in total. The Morgan fingerprint density at radius 2 is 1.94 bits per heavy atom. The number of ether oxygens (including phenoxy) is 1. The minimum atomic E-state index is 0.636. The summed E-state index contributed by atoms with van der Waals surface area (Å²) < 4.78 is 5.64. The SMILES string of the molecule is c1ccc(Oc2ccc(CNC3CC3)cn2)cc1. The molecule has 0 bridgehead atoms. The van der Waals surface area contributed by atoms with E-state index in [4.69, 9.17) is 4.74 Å². The number of benzene rings is 1. The monoisotopic (exact) mass is 240 g/mol. The molecule has 0 saturated heterocycles. The minimum absolute atomic E-state index is 0.636. The Morgan fingerprint density at radius 3 is 2.61 bits per heavy atom. The zero-order valence-corrected chi connectivity index (χ0v) is 10.2. The molecule has 3 rings (SSSR count). The topological polar surface area (TPSA) is 34.1 Å². The van der Waals surface area contributed by atoms with Crippen molar-refractivity contribution in [1.82, 2.24) is 10.3 Å². The van der Waals surface area contributed by atoms with Gasteiger partial charge in [0.1, 0.15) is 5.75 Å². The number of rotatable bonds is 5. The van der Waals surface area contributed by atoms with Gasteiger partial charge in [-0.05, 0) is 30.5 Å². The molecule has 0 aliphatic heterocycles. The predicted octanol–water partition coefficient (Wildman–Crippen LogP) is 3.13. The molecule has 2 aromatic rings. The minimum Gasteiger partial charge on any atom is -0.439 e. The molecular formula is C15H16N2O. The van der Waals surface area contributed by atoms with E-state index in [0.717, 1.165) is 18.3 Å². The van der Waals surface area contributed by atoms with Crippen molar-refractivity contribution in [2.75, 3.05) is 0 Å². The van der Waals surface area contributed by atoms with Gasteiger partial charge in [-0.15, -0.1) is 0 Å². The number of nitrogens with one attached hydrogen (secondary N) is 1. The van der Waals surface area contributed by atoms with Gasteiger partial charge in [0, 0.05) is 24.8 Å². The summed E-state index contributed by atoms with van der Waals surface area (Å²) in [4.78, 5) is 4.31. The van der Waals surface area contributed by atoms with Crippen molar-refractivity contribution >= 4 is 0 Å². The first kappa shape index (κ1) is 11.2. The van der Waals surface area contributed by atoms with E-state index in [2.05, 4.69) is 16.4 Å². The highest BCUT2D eigenvalue weighted by molar-refractivity contribution is 5.27. The molecule has 0 spiro atoms. The standard InChI is InChI=1S/C15H16N2O/c1-2-4-14(5-3-1)18-15-9-6-12(11-17-15)10-16-13-7-8-13/h1-6,9,11,13,16H,7-8,10H2. The second kappa shape index (κ2) is 5.19. The van der Waals surface area contributed by atoms with Gasteiger partial charge in [0.2, 0.25) is 5.88 Å². The molecule has 1 saturated carbocycles. The van der Waals surface area contributed by atoms with Crippen LogP contribution in [-0.4, -0.2) is 11.0 Å². The van der Waals surface area contributed by atoms with Crippen molar-refractivity contribution in [2.45, 2.75) is 25.4 Å². The van der Waals surface area contributed by atoms with Crippen molar-refractivity contribution in [3.8, 4) is 11.6 Å². The quantitative estimate of drug-likeness (QED) is 0.871. The van der Waals surface area contributed by atoms with E-state index in [9.17, 15) is 0 Å². The van der Waals surface area contributed by atoms with Gasteiger partial charge in [-0.25, -0.2) is 4.98 Å². The first-order valence-corrected chi connectivity index (χ1v) is 6.31. The van der Waals surface area contributed by atoms with Crippen LogP contribution in [0.25, 0.3) is 0 Å². The smallest absolute Gasteiger partial charge is 0.219 e. The third kappa shape index (κ3) is 3.08. The van der Waals surface area contributed by atoms with E-state index < -0.39 is 0 Å². The van der Waals surface area contributed by atoms with Crippen molar-refractivity contribution in [3.63, 3.8) is 0 Å². The van der Waals surface area contributed by atoms with Crippen LogP contribution in [0.5, 0.6) is 11.6 Å². The van der Waals surface area contributed by atoms with Crippen LogP contribution in [-0.2, 0) is 6.54 Å². The van der Waals surface area contributed by atoms with Crippen LogP contribution in [0, 0.1) is 0 Å². The Labute approximate surface area is 107 Å². The Bertz CT molecular complexity index is 492. The Kier molecular flexibility index (Phi) is 3.24. The molecule has 0 atom stereocenters. The normalized spacial score (nSPS) is 14.4. The van der Waals surface area contributed by atoms with Gasteiger partial charge in [-0.3, -0.25) is 0 Å². The van der Waals surface area contributed by atoms with Crippen molar-refractivity contribution in [3.05, 3.63) is 54.2 Å². The first-order valence-electron chi connectivity index (χ1n) is 6.31. The molecular weight excluding hydrogens is 224 g/mol. The van der Waals surface area contributed by atoms with Crippen LogP contribution in [0.4, 0.5) is 0 Å². The first-order chi connectivity index (χ1) is 8.90. The second-order valence-electron chi connectivity index (χ2n) is 4.57. The van der Waals surface area contributed by atoms with E-state index in [1.165, 1.54) is 18.4 Å². The van der Waals surface area contributed by atoms with Gasteiger partial charge >= 0.3 is 0 Å². The van der Waals surface area contributed by atoms with Crippen LogP contribution in [0.15, 0.2) is 48.7 Å². The van der Waals surface area contributed by atoms with E-state index in [1.807, 2.05) is 42.6 Å². The zero-order chi connectivity index (χ0) is 12.2. The van der Waals surface area contributed by atoms with Gasteiger partial charge in [-0.1, -0.05) is 24.3 Å². The highest BCUT2D eigenvalue weighted by Crippen LogP contribution is 2.20. The fourth-order valence-corrected chi connectivity index (χ4v) is 1.73. The molecule has 0 unspecified atom stereocenters. The molecule has 1 aliphatic rings. The van der Waals surface area contributed by atoms with E-state index in [0.29, 0.717) is 5.88 Å². The molecule has 1 aliphatic carbocycles. The summed E-state index contributed by atoms with van der Waals surface area (Å²) >= 11 is 0. The lowest BCUT2D eigenvalue weighted by Crippen LogP contribution is -2.15. The molecule has 0 amide bonds. The maximum atomic E-state index is 5.64.